The van der Waals surface area contributed by atoms with E-state index in [0.717, 1.165) is 0 Å². The van der Waals surface area contributed by atoms with Crippen LogP contribution in [0.5, 0.6) is 0 Å². The zero-order chi connectivity index (χ0) is 22.2. The molecule has 1 rings (SSSR count). The number of hydrogen-bond acceptors (Lipinski definition) is 7. The van der Waals surface area contributed by atoms with Crippen LogP contribution in [0, 0.1) is 11.8 Å². The maximum absolute atomic E-state index is 12.3. The number of esters is 2. The fraction of sp³-hybridized carbons (Fsp3) is 0.800. The van der Waals surface area contributed by atoms with E-state index in [9.17, 15) is 19.2 Å². The summed E-state index contributed by atoms with van der Waals surface area (Å²) in [5.41, 5.74) is -0.616. The number of rotatable bonds is 7. The van der Waals surface area contributed by atoms with Gasteiger partial charge in [-0.1, -0.05) is 13.8 Å². The summed E-state index contributed by atoms with van der Waals surface area (Å²) in [5, 5.41) is 2.53. The molecule has 1 fully saturated rings. The van der Waals surface area contributed by atoms with Crippen LogP contribution in [0.15, 0.2) is 0 Å². The smallest absolute Gasteiger partial charge is 0.410 e. The van der Waals surface area contributed by atoms with Gasteiger partial charge in [0.05, 0.1) is 13.0 Å². The Morgan fingerprint density at radius 3 is 2.38 bits per heavy atom. The largest absolute Gasteiger partial charge is 0.467 e. The second-order valence-corrected chi connectivity index (χ2v) is 8.65. The number of carbonyl (C=O) groups is 4. The van der Waals surface area contributed by atoms with Crippen LogP contribution < -0.4 is 5.32 Å². The summed E-state index contributed by atoms with van der Waals surface area (Å²) < 4.78 is 15.1. The lowest BCUT2D eigenvalue weighted by atomic mass is 9.98. The monoisotopic (exact) mass is 414 g/mol. The number of likely N-dealkylation sites (tertiary alicyclic amines) is 1. The van der Waals surface area contributed by atoms with Gasteiger partial charge in [-0.25, -0.2) is 9.59 Å². The van der Waals surface area contributed by atoms with E-state index in [2.05, 4.69) is 5.32 Å². The van der Waals surface area contributed by atoms with E-state index in [1.54, 1.807) is 20.8 Å². The topological polar surface area (TPSA) is 111 Å². The molecule has 2 amide bonds. The van der Waals surface area contributed by atoms with Gasteiger partial charge in [-0.05, 0) is 46.0 Å². The molecule has 0 spiro atoms. The first-order valence-corrected chi connectivity index (χ1v) is 9.94. The zero-order valence-electron chi connectivity index (χ0n) is 18.3. The number of methoxy groups -OCH3 is 1. The minimum absolute atomic E-state index is 0.169. The van der Waals surface area contributed by atoms with Crippen LogP contribution in [0.25, 0.3) is 0 Å². The quantitative estimate of drug-likeness (QED) is 0.500. The van der Waals surface area contributed by atoms with Crippen molar-refractivity contribution in [1.29, 1.82) is 0 Å². The van der Waals surface area contributed by atoms with E-state index >= 15 is 0 Å². The normalized spacial score (nSPS) is 18.0. The van der Waals surface area contributed by atoms with Crippen molar-refractivity contribution in [1.82, 2.24) is 10.2 Å². The van der Waals surface area contributed by atoms with Gasteiger partial charge in [0.15, 0.2) is 6.61 Å². The molecule has 0 aliphatic carbocycles. The highest BCUT2D eigenvalue weighted by atomic mass is 16.6. The minimum Gasteiger partial charge on any atom is -0.467 e. The van der Waals surface area contributed by atoms with Gasteiger partial charge in [0.25, 0.3) is 5.91 Å². The molecule has 0 radical (unpaired) electrons. The Morgan fingerprint density at radius 2 is 1.83 bits per heavy atom. The van der Waals surface area contributed by atoms with Crippen LogP contribution >= 0.6 is 0 Å². The number of carbonyl (C=O) groups excluding carboxylic acids is 4. The Balaban J connectivity index is 2.53. The van der Waals surface area contributed by atoms with E-state index in [0.29, 0.717) is 25.8 Å². The lowest BCUT2D eigenvalue weighted by molar-refractivity contribution is -0.155. The van der Waals surface area contributed by atoms with Gasteiger partial charge in [0.2, 0.25) is 0 Å². The van der Waals surface area contributed by atoms with Crippen LogP contribution in [0.2, 0.25) is 0 Å². The second kappa shape index (κ2) is 11.0. The highest BCUT2D eigenvalue weighted by Gasteiger charge is 2.32. The van der Waals surface area contributed by atoms with Gasteiger partial charge in [0.1, 0.15) is 11.6 Å². The Labute approximate surface area is 172 Å². The van der Waals surface area contributed by atoms with Crippen molar-refractivity contribution >= 4 is 23.9 Å². The lowest BCUT2D eigenvalue weighted by Crippen LogP contribution is -2.46. The molecule has 2 atom stereocenters. The van der Waals surface area contributed by atoms with Crippen LogP contribution in [-0.2, 0) is 28.6 Å². The van der Waals surface area contributed by atoms with Crippen molar-refractivity contribution in [2.24, 2.45) is 11.8 Å². The molecule has 1 saturated heterocycles. The van der Waals surface area contributed by atoms with Crippen molar-refractivity contribution in [3.63, 3.8) is 0 Å². The molecule has 9 heteroatoms. The van der Waals surface area contributed by atoms with Crippen LogP contribution in [0.1, 0.15) is 53.9 Å². The number of hydrogen-bond donors (Lipinski definition) is 1. The Morgan fingerprint density at radius 1 is 1.17 bits per heavy atom. The average Bonchev–Trinajstić information content (AvgIpc) is 2.63. The second-order valence-electron chi connectivity index (χ2n) is 8.65. The molecule has 1 aliphatic rings. The van der Waals surface area contributed by atoms with Crippen LogP contribution in [-0.4, -0.2) is 67.3 Å². The molecule has 29 heavy (non-hydrogen) atoms. The molecule has 9 nitrogen and oxygen atoms in total. The van der Waals surface area contributed by atoms with E-state index in [-0.39, 0.29) is 12.5 Å². The molecule has 1 N–H and O–H groups in total. The van der Waals surface area contributed by atoms with Gasteiger partial charge in [-0.2, -0.15) is 0 Å². The van der Waals surface area contributed by atoms with Crippen molar-refractivity contribution in [3.05, 3.63) is 0 Å². The van der Waals surface area contributed by atoms with Crippen molar-refractivity contribution < 1.29 is 33.4 Å². The molecule has 0 aromatic heterocycles. The lowest BCUT2D eigenvalue weighted by Gasteiger charge is -2.33. The molecule has 2 unspecified atom stereocenters. The molecular formula is C20H34N2O7. The molecular weight excluding hydrogens is 380 g/mol. The predicted molar refractivity (Wildman–Crippen MR) is 105 cm³/mol. The number of amides is 2. The minimum atomic E-state index is -0.788. The standard InChI is InChI=1S/C20H34N2O7/c1-13(2)10-15(18(25)27-6)21-16(23)12-28-17(24)14-8-7-9-22(11-14)19(26)29-20(3,4)5/h13-15H,7-12H2,1-6H3,(H,21,23). The van der Waals surface area contributed by atoms with Gasteiger partial charge in [0, 0.05) is 13.1 Å². The fourth-order valence-electron chi connectivity index (χ4n) is 2.98. The number of nitrogens with one attached hydrogen (secondary N) is 1. The van der Waals surface area contributed by atoms with Crippen molar-refractivity contribution in [2.45, 2.75) is 65.5 Å². The average molecular weight is 414 g/mol. The maximum atomic E-state index is 12.3. The van der Waals surface area contributed by atoms with Gasteiger partial charge < -0.3 is 24.4 Å². The Hall–Kier alpha value is -2.32. The zero-order valence-corrected chi connectivity index (χ0v) is 18.3. The molecule has 0 saturated carbocycles. The molecule has 0 bridgehead atoms. The molecule has 0 aromatic carbocycles. The van der Waals surface area contributed by atoms with Crippen LogP contribution in [0.4, 0.5) is 4.79 Å². The third kappa shape index (κ3) is 9.15. The van der Waals surface area contributed by atoms with Crippen LogP contribution in [0.3, 0.4) is 0 Å². The predicted octanol–water partition coefficient (Wildman–Crippen LogP) is 1.88. The van der Waals surface area contributed by atoms with E-state index in [1.165, 1.54) is 12.0 Å². The summed E-state index contributed by atoms with van der Waals surface area (Å²) >= 11 is 0. The van der Waals surface area contributed by atoms with E-state index in [4.69, 9.17) is 14.2 Å². The van der Waals surface area contributed by atoms with Gasteiger partial charge >= 0.3 is 18.0 Å². The van der Waals surface area contributed by atoms with Gasteiger partial charge in [-0.15, -0.1) is 0 Å². The first-order valence-electron chi connectivity index (χ1n) is 9.94. The summed E-state index contributed by atoms with van der Waals surface area (Å²) in [6.45, 7) is 9.37. The van der Waals surface area contributed by atoms with Crippen molar-refractivity contribution in [3.8, 4) is 0 Å². The highest BCUT2D eigenvalue weighted by Crippen LogP contribution is 2.20. The SMILES string of the molecule is COC(=O)C(CC(C)C)NC(=O)COC(=O)C1CCCN(C(=O)OC(C)(C)C)C1. The molecule has 1 heterocycles. The summed E-state index contributed by atoms with van der Waals surface area (Å²) in [5.74, 6) is -2.01. The summed E-state index contributed by atoms with van der Waals surface area (Å²) in [6, 6.07) is -0.788. The maximum Gasteiger partial charge on any atom is 0.410 e. The molecule has 1 aliphatic heterocycles. The Bertz CT molecular complexity index is 598. The summed E-state index contributed by atoms with van der Waals surface area (Å²) in [4.78, 5) is 49.9. The number of piperidine rings is 1. The van der Waals surface area contributed by atoms with Crippen molar-refractivity contribution in [2.75, 3.05) is 26.8 Å². The van der Waals surface area contributed by atoms with E-state index < -0.39 is 48.1 Å². The van der Waals surface area contributed by atoms with Gasteiger partial charge in [-0.3, -0.25) is 9.59 Å². The molecule has 0 aromatic rings. The summed E-state index contributed by atoms with van der Waals surface area (Å²) in [6.07, 6.45) is 1.16. The molecule has 166 valence electrons. The summed E-state index contributed by atoms with van der Waals surface area (Å²) in [7, 11) is 1.25. The number of nitrogens with zero attached hydrogens (tertiary/aromatic N) is 1. The fourth-order valence-corrected chi connectivity index (χ4v) is 2.98. The van der Waals surface area contributed by atoms with E-state index in [1.807, 2.05) is 13.8 Å². The number of ether oxygens (including phenoxy) is 3. The third-order valence-corrected chi connectivity index (χ3v) is 4.28. The third-order valence-electron chi connectivity index (χ3n) is 4.28. The first kappa shape index (κ1) is 24.7. The Kier molecular flexibility index (Phi) is 9.39. The first-order chi connectivity index (χ1) is 13.4. The highest BCUT2D eigenvalue weighted by molar-refractivity contribution is 5.86.